The van der Waals surface area contributed by atoms with Crippen molar-refractivity contribution in [3.63, 3.8) is 0 Å². The zero-order valence-electron chi connectivity index (χ0n) is 15.9. The van der Waals surface area contributed by atoms with E-state index < -0.39 is 5.97 Å². The molecule has 0 spiro atoms. The number of carbonyl (C=O) groups excluding carboxylic acids is 2. The predicted octanol–water partition coefficient (Wildman–Crippen LogP) is 3.23. The summed E-state index contributed by atoms with van der Waals surface area (Å²) < 4.78 is 20.8. The van der Waals surface area contributed by atoms with Crippen LogP contribution >= 0.6 is 0 Å². The van der Waals surface area contributed by atoms with E-state index in [4.69, 9.17) is 14.2 Å². The first-order chi connectivity index (χ1) is 13.5. The molecule has 0 aliphatic rings. The number of amides is 1. The van der Waals surface area contributed by atoms with E-state index in [1.165, 1.54) is 28.4 Å². The minimum atomic E-state index is -0.443. The summed E-state index contributed by atoms with van der Waals surface area (Å²) in [6.07, 6.45) is 0. The van der Waals surface area contributed by atoms with Gasteiger partial charge in [0, 0.05) is 17.1 Å². The largest absolute Gasteiger partial charge is 0.496 e. The lowest BCUT2D eigenvalue weighted by atomic mass is 10.2. The SMILES string of the molecule is COC(=O)c1ccc(NC(=O)c2cc3c(OC)cc(OC)c(OC)c3[nH]2)cc1. The number of H-pyrrole nitrogens is 1. The number of fused-ring (bicyclic) bond motifs is 1. The third-order valence-corrected chi connectivity index (χ3v) is 4.25. The lowest BCUT2D eigenvalue weighted by Gasteiger charge is -2.11. The van der Waals surface area contributed by atoms with Gasteiger partial charge < -0.3 is 29.2 Å². The van der Waals surface area contributed by atoms with Gasteiger partial charge in [0.1, 0.15) is 11.4 Å². The molecule has 0 unspecified atom stereocenters. The first-order valence-electron chi connectivity index (χ1n) is 8.33. The molecule has 8 nitrogen and oxygen atoms in total. The second-order valence-corrected chi connectivity index (χ2v) is 5.81. The van der Waals surface area contributed by atoms with E-state index in [0.29, 0.717) is 45.1 Å². The van der Waals surface area contributed by atoms with Gasteiger partial charge in [-0.05, 0) is 30.3 Å². The minimum Gasteiger partial charge on any atom is -0.496 e. The van der Waals surface area contributed by atoms with E-state index in [0.717, 1.165) is 0 Å². The third kappa shape index (κ3) is 3.44. The highest BCUT2D eigenvalue weighted by molar-refractivity contribution is 6.08. The number of anilines is 1. The number of benzene rings is 2. The summed E-state index contributed by atoms with van der Waals surface area (Å²) in [6.45, 7) is 0. The smallest absolute Gasteiger partial charge is 0.337 e. The van der Waals surface area contributed by atoms with Crippen molar-refractivity contribution in [3.8, 4) is 17.2 Å². The van der Waals surface area contributed by atoms with Crippen LogP contribution in [0.15, 0.2) is 36.4 Å². The van der Waals surface area contributed by atoms with E-state index >= 15 is 0 Å². The van der Waals surface area contributed by atoms with Crippen LogP contribution in [0.3, 0.4) is 0 Å². The summed E-state index contributed by atoms with van der Waals surface area (Å²) >= 11 is 0. The molecule has 3 rings (SSSR count). The van der Waals surface area contributed by atoms with E-state index in [9.17, 15) is 9.59 Å². The average molecular weight is 384 g/mol. The van der Waals surface area contributed by atoms with Crippen LogP contribution in [0.4, 0.5) is 5.69 Å². The molecule has 0 aliphatic heterocycles. The molecule has 0 bridgehead atoms. The van der Waals surface area contributed by atoms with Crippen LogP contribution in [0.1, 0.15) is 20.8 Å². The van der Waals surface area contributed by atoms with Gasteiger partial charge in [0.05, 0.1) is 39.5 Å². The second-order valence-electron chi connectivity index (χ2n) is 5.81. The van der Waals surface area contributed by atoms with Crippen molar-refractivity contribution in [2.45, 2.75) is 0 Å². The molecule has 1 amide bonds. The second kappa shape index (κ2) is 7.91. The monoisotopic (exact) mass is 384 g/mol. The highest BCUT2D eigenvalue weighted by Gasteiger charge is 2.19. The Balaban J connectivity index is 1.92. The molecule has 8 heteroatoms. The molecule has 0 aliphatic carbocycles. The standard InChI is InChI=1S/C20H20N2O6/c1-25-15-10-16(26-2)18(27-3)17-13(15)9-14(22-17)19(23)21-12-7-5-11(6-8-12)20(24)28-4/h5-10,22H,1-4H3,(H,21,23). The van der Waals surface area contributed by atoms with Crippen LogP contribution in [-0.2, 0) is 4.74 Å². The van der Waals surface area contributed by atoms with E-state index in [2.05, 4.69) is 15.0 Å². The highest BCUT2D eigenvalue weighted by Crippen LogP contribution is 2.41. The van der Waals surface area contributed by atoms with Gasteiger partial charge in [-0.25, -0.2) is 4.79 Å². The molecule has 0 saturated heterocycles. The van der Waals surface area contributed by atoms with Crippen molar-refractivity contribution in [1.29, 1.82) is 0 Å². The number of aromatic amines is 1. The number of nitrogens with one attached hydrogen (secondary N) is 2. The molecule has 146 valence electrons. The Bertz CT molecular complexity index is 1020. The van der Waals surface area contributed by atoms with Gasteiger partial charge in [-0.2, -0.15) is 0 Å². The van der Waals surface area contributed by atoms with Crippen LogP contribution in [-0.4, -0.2) is 45.3 Å². The van der Waals surface area contributed by atoms with Crippen LogP contribution in [0.5, 0.6) is 17.2 Å². The van der Waals surface area contributed by atoms with Gasteiger partial charge in [0.15, 0.2) is 11.5 Å². The lowest BCUT2D eigenvalue weighted by Crippen LogP contribution is -2.12. The van der Waals surface area contributed by atoms with Gasteiger partial charge in [-0.3, -0.25) is 4.79 Å². The fourth-order valence-corrected chi connectivity index (χ4v) is 2.86. The minimum absolute atomic E-state index is 0.317. The first-order valence-corrected chi connectivity index (χ1v) is 8.33. The van der Waals surface area contributed by atoms with Crippen molar-refractivity contribution in [3.05, 3.63) is 47.7 Å². The molecule has 0 saturated carbocycles. The van der Waals surface area contributed by atoms with Crippen molar-refractivity contribution < 1.29 is 28.5 Å². The van der Waals surface area contributed by atoms with Crippen molar-refractivity contribution in [1.82, 2.24) is 4.98 Å². The zero-order chi connectivity index (χ0) is 20.3. The van der Waals surface area contributed by atoms with E-state index in [1.54, 1.807) is 36.4 Å². The number of esters is 1. The van der Waals surface area contributed by atoms with Crippen LogP contribution in [0.25, 0.3) is 10.9 Å². The number of hydrogen-bond donors (Lipinski definition) is 2. The Hall–Kier alpha value is -3.68. The Morgan fingerprint density at radius 3 is 2.14 bits per heavy atom. The molecule has 1 heterocycles. The molecule has 1 aromatic heterocycles. The fourth-order valence-electron chi connectivity index (χ4n) is 2.86. The molecule has 2 aromatic carbocycles. The molecule has 0 fully saturated rings. The maximum atomic E-state index is 12.7. The van der Waals surface area contributed by atoms with Crippen LogP contribution in [0.2, 0.25) is 0 Å². The number of hydrogen-bond acceptors (Lipinski definition) is 6. The molecule has 0 radical (unpaired) electrons. The third-order valence-electron chi connectivity index (χ3n) is 4.25. The fraction of sp³-hybridized carbons (Fsp3) is 0.200. The maximum absolute atomic E-state index is 12.7. The lowest BCUT2D eigenvalue weighted by molar-refractivity contribution is 0.0600. The summed E-state index contributed by atoms with van der Waals surface area (Å²) in [4.78, 5) is 27.2. The molecule has 0 atom stereocenters. The topological polar surface area (TPSA) is 98.9 Å². The number of aromatic nitrogens is 1. The maximum Gasteiger partial charge on any atom is 0.337 e. The van der Waals surface area contributed by atoms with Crippen LogP contribution < -0.4 is 19.5 Å². The summed E-state index contributed by atoms with van der Waals surface area (Å²) in [6, 6.07) is 9.76. The quantitative estimate of drug-likeness (QED) is 0.633. The molecule has 2 N–H and O–H groups in total. The molecular formula is C20H20N2O6. The normalized spacial score (nSPS) is 10.4. The average Bonchev–Trinajstić information content (AvgIpc) is 3.17. The Kier molecular flexibility index (Phi) is 5.39. The van der Waals surface area contributed by atoms with Gasteiger partial charge >= 0.3 is 5.97 Å². The predicted molar refractivity (Wildman–Crippen MR) is 104 cm³/mol. The molecule has 3 aromatic rings. The zero-order valence-corrected chi connectivity index (χ0v) is 15.9. The summed E-state index contributed by atoms with van der Waals surface area (Å²) in [5, 5.41) is 3.46. The summed E-state index contributed by atoms with van der Waals surface area (Å²) in [5.74, 6) is 0.705. The number of carbonyl (C=O) groups is 2. The van der Waals surface area contributed by atoms with Crippen molar-refractivity contribution in [2.24, 2.45) is 0 Å². The van der Waals surface area contributed by atoms with Gasteiger partial charge in [0.2, 0.25) is 0 Å². The van der Waals surface area contributed by atoms with Gasteiger partial charge in [-0.15, -0.1) is 0 Å². The Morgan fingerprint density at radius 1 is 0.893 bits per heavy atom. The first kappa shape index (κ1) is 19.1. The molecule has 28 heavy (non-hydrogen) atoms. The number of methoxy groups -OCH3 is 4. The number of ether oxygens (including phenoxy) is 4. The highest BCUT2D eigenvalue weighted by atomic mass is 16.5. The number of rotatable bonds is 6. The van der Waals surface area contributed by atoms with Crippen molar-refractivity contribution in [2.75, 3.05) is 33.8 Å². The molecular weight excluding hydrogens is 364 g/mol. The van der Waals surface area contributed by atoms with E-state index in [1.807, 2.05) is 0 Å². The summed E-state index contributed by atoms with van der Waals surface area (Å²) in [5.41, 5.74) is 1.84. The van der Waals surface area contributed by atoms with Gasteiger partial charge in [-0.1, -0.05) is 0 Å². The summed E-state index contributed by atoms with van der Waals surface area (Å²) in [7, 11) is 5.90. The Labute approximate surface area is 161 Å². The van der Waals surface area contributed by atoms with Crippen molar-refractivity contribution >= 4 is 28.5 Å². The van der Waals surface area contributed by atoms with Gasteiger partial charge in [0.25, 0.3) is 5.91 Å². The van der Waals surface area contributed by atoms with Crippen LogP contribution in [0, 0.1) is 0 Å². The Morgan fingerprint density at radius 2 is 1.57 bits per heavy atom. The van der Waals surface area contributed by atoms with E-state index in [-0.39, 0.29) is 5.91 Å².